The van der Waals surface area contributed by atoms with Gasteiger partial charge in [-0.3, -0.25) is 9.78 Å². The molecule has 0 aliphatic heterocycles. The predicted octanol–water partition coefficient (Wildman–Crippen LogP) is 1.82. The average molecular weight is 304 g/mol. The lowest BCUT2D eigenvalue weighted by molar-refractivity contribution is -0.120. The normalized spacial score (nSPS) is 10.8. The minimum atomic E-state index is 0.0281. The first-order valence-corrected chi connectivity index (χ1v) is 7.79. The number of rotatable bonds is 7. The standard InChI is InChI=1S/C15H20N4OS/c1-19(2)9-3-6-17-14(20)10-13-11-21-15(18-13)12-4-7-16-8-5-12/h4-5,7-8,11H,3,6,9-10H2,1-2H3,(H,17,20). The zero-order chi connectivity index (χ0) is 15.1. The summed E-state index contributed by atoms with van der Waals surface area (Å²) in [6.45, 7) is 1.68. The van der Waals surface area contributed by atoms with Crippen LogP contribution in [0.15, 0.2) is 29.9 Å². The van der Waals surface area contributed by atoms with Gasteiger partial charge < -0.3 is 10.2 Å². The number of pyridine rings is 1. The van der Waals surface area contributed by atoms with Crippen molar-refractivity contribution in [3.05, 3.63) is 35.6 Å². The number of carbonyl (C=O) groups is 1. The van der Waals surface area contributed by atoms with Crippen LogP contribution in [0.25, 0.3) is 10.6 Å². The van der Waals surface area contributed by atoms with E-state index in [0.717, 1.165) is 29.2 Å². The molecule has 2 aromatic heterocycles. The second kappa shape index (κ2) is 7.85. The predicted molar refractivity (Wildman–Crippen MR) is 85.2 cm³/mol. The molecule has 0 atom stereocenters. The van der Waals surface area contributed by atoms with Crippen molar-refractivity contribution in [3.8, 4) is 10.6 Å². The van der Waals surface area contributed by atoms with Gasteiger partial charge in [0.25, 0.3) is 0 Å². The maximum absolute atomic E-state index is 11.8. The van der Waals surface area contributed by atoms with Crippen molar-refractivity contribution in [2.45, 2.75) is 12.8 Å². The van der Waals surface area contributed by atoms with Gasteiger partial charge in [-0.2, -0.15) is 0 Å². The van der Waals surface area contributed by atoms with E-state index in [4.69, 9.17) is 0 Å². The van der Waals surface area contributed by atoms with Crippen LogP contribution in [-0.2, 0) is 11.2 Å². The number of nitrogens with zero attached hydrogens (tertiary/aromatic N) is 3. The van der Waals surface area contributed by atoms with Crippen LogP contribution in [0, 0.1) is 0 Å². The van der Waals surface area contributed by atoms with E-state index in [-0.39, 0.29) is 5.91 Å². The van der Waals surface area contributed by atoms with Crippen LogP contribution in [0.5, 0.6) is 0 Å². The monoisotopic (exact) mass is 304 g/mol. The first-order chi connectivity index (χ1) is 10.1. The lowest BCUT2D eigenvalue weighted by Gasteiger charge is -2.09. The molecule has 1 amide bonds. The van der Waals surface area contributed by atoms with Crippen LogP contribution in [0.2, 0.25) is 0 Å². The van der Waals surface area contributed by atoms with E-state index in [9.17, 15) is 4.79 Å². The van der Waals surface area contributed by atoms with Gasteiger partial charge in [0.15, 0.2) is 0 Å². The summed E-state index contributed by atoms with van der Waals surface area (Å²) in [5, 5.41) is 5.79. The van der Waals surface area contributed by atoms with Gasteiger partial charge in [0.2, 0.25) is 5.91 Å². The van der Waals surface area contributed by atoms with Crippen LogP contribution in [-0.4, -0.2) is 48.0 Å². The summed E-state index contributed by atoms with van der Waals surface area (Å²) in [4.78, 5) is 22.4. The molecule has 6 heteroatoms. The number of amides is 1. The third kappa shape index (κ3) is 5.24. The summed E-state index contributed by atoms with van der Waals surface area (Å²) in [5.74, 6) is 0.0281. The molecule has 0 fully saturated rings. The fourth-order valence-corrected chi connectivity index (χ4v) is 2.69. The van der Waals surface area contributed by atoms with Crippen molar-refractivity contribution in [3.63, 3.8) is 0 Å². The SMILES string of the molecule is CN(C)CCCNC(=O)Cc1csc(-c2ccncc2)n1. The summed E-state index contributed by atoms with van der Waals surface area (Å²) < 4.78 is 0. The van der Waals surface area contributed by atoms with Gasteiger partial charge in [-0.25, -0.2) is 4.98 Å². The summed E-state index contributed by atoms with van der Waals surface area (Å²) in [6, 6.07) is 3.84. The Morgan fingerprint density at radius 3 is 2.81 bits per heavy atom. The van der Waals surface area contributed by atoms with Gasteiger partial charge in [-0.05, 0) is 39.2 Å². The van der Waals surface area contributed by atoms with Crippen LogP contribution in [0.4, 0.5) is 0 Å². The summed E-state index contributed by atoms with van der Waals surface area (Å²) in [7, 11) is 4.05. The van der Waals surface area contributed by atoms with Crippen molar-refractivity contribution in [1.29, 1.82) is 0 Å². The first-order valence-electron chi connectivity index (χ1n) is 6.91. The lowest BCUT2D eigenvalue weighted by atomic mass is 10.3. The zero-order valence-corrected chi connectivity index (χ0v) is 13.2. The van der Waals surface area contributed by atoms with Crippen molar-refractivity contribution in [2.75, 3.05) is 27.2 Å². The molecule has 112 valence electrons. The molecule has 5 nitrogen and oxygen atoms in total. The van der Waals surface area contributed by atoms with Gasteiger partial charge in [0.05, 0.1) is 12.1 Å². The molecule has 0 unspecified atom stereocenters. The Balaban J connectivity index is 1.81. The van der Waals surface area contributed by atoms with Gasteiger partial charge in [-0.15, -0.1) is 11.3 Å². The minimum Gasteiger partial charge on any atom is -0.356 e. The van der Waals surface area contributed by atoms with E-state index < -0.39 is 0 Å². The van der Waals surface area contributed by atoms with Crippen molar-refractivity contribution < 1.29 is 4.79 Å². The number of aromatic nitrogens is 2. The molecule has 2 heterocycles. The Morgan fingerprint density at radius 1 is 1.33 bits per heavy atom. The summed E-state index contributed by atoms with van der Waals surface area (Å²) in [5.41, 5.74) is 1.85. The van der Waals surface area contributed by atoms with E-state index in [1.165, 1.54) is 0 Å². The topological polar surface area (TPSA) is 58.1 Å². The van der Waals surface area contributed by atoms with E-state index in [1.807, 2.05) is 31.6 Å². The van der Waals surface area contributed by atoms with E-state index in [0.29, 0.717) is 13.0 Å². The second-order valence-corrected chi connectivity index (χ2v) is 5.92. The number of nitrogens with one attached hydrogen (secondary N) is 1. The molecule has 0 aromatic carbocycles. The number of hydrogen-bond donors (Lipinski definition) is 1. The average Bonchev–Trinajstić information content (AvgIpc) is 2.93. The molecule has 0 spiro atoms. The molecule has 0 bridgehead atoms. The lowest BCUT2D eigenvalue weighted by Crippen LogP contribution is -2.28. The largest absolute Gasteiger partial charge is 0.356 e. The molecule has 0 saturated carbocycles. The third-order valence-corrected chi connectivity index (χ3v) is 3.87. The quantitative estimate of drug-likeness (QED) is 0.793. The molecular weight excluding hydrogens is 284 g/mol. The first kappa shape index (κ1) is 15.6. The smallest absolute Gasteiger partial charge is 0.226 e. The van der Waals surface area contributed by atoms with Crippen LogP contribution in [0.3, 0.4) is 0 Å². The number of carbonyl (C=O) groups excluding carboxylic acids is 1. The second-order valence-electron chi connectivity index (χ2n) is 5.06. The minimum absolute atomic E-state index is 0.0281. The van der Waals surface area contributed by atoms with Crippen molar-refractivity contribution >= 4 is 17.2 Å². The fourth-order valence-electron chi connectivity index (χ4n) is 1.87. The van der Waals surface area contributed by atoms with Gasteiger partial charge in [0, 0.05) is 29.9 Å². The highest BCUT2D eigenvalue weighted by molar-refractivity contribution is 7.13. The molecule has 0 radical (unpaired) electrons. The Bertz CT molecular complexity index is 568. The number of hydrogen-bond acceptors (Lipinski definition) is 5. The molecule has 0 aliphatic rings. The van der Waals surface area contributed by atoms with E-state index >= 15 is 0 Å². The molecule has 2 rings (SSSR count). The Labute approximate surface area is 129 Å². The Morgan fingerprint density at radius 2 is 2.10 bits per heavy atom. The Kier molecular flexibility index (Phi) is 5.83. The highest BCUT2D eigenvalue weighted by atomic mass is 32.1. The molecular formula is C15H20N4OS. The summed E-state index contributed by atoms with van der Waals surface area (Å²) in [6.07, 6.45) is 4.78. The molecule has 21 heavy (non-hydrogen) atoms. The molecule has 1 N–H and O–H groups in total. The maximum atomic E-state index is 11.8. The highest BCUT2D eigenvalue weighted by Gasteiger charge is 2.08. The van der Waals surface area contributed by atoms with Gasteiger partial charge in [0.1, 0.15) is 5.01 Å². The molecule has 0 aliphatic carbocycles. The molecule has 2 aromatic rings. The van der Waals surface area contributed by atoms with Crippen molar-refractivity contribution in [1.82, 2.24) is 20.2 Å². The zero-order valence-electron chi connectivity index (χ0n) is 12.4. The van der Waals surface area contributed by atoms with Gasteiger partial charge in [-0.1, -0.05) is 0 Å². The molecule has 0 saturated heterocycles. The van der Waals surface area contributed by atoms with Crippen LogP contribution >= 0.6 is 11.3 Å². The van der Waals surface area contributed by atoms with Crippen molar-refractivity contribution in [2.24, 2.45) is 0 Å². The van der Waals surface area contributed by atoms with Gasteiger partial charge >= 0.3 is 0 Å². The fraction of sp³-hybridized carbons (Fsp3) is 0.400. The van der Waals surface area contributed by atoms with E-state index in [1.54, 1.807) is 23.7 Å². The summed E-state index contributed by atoms with van der Waals surface area (Å²) >= 11 is 1.55. The Hall–Kier alpha value is -1.79. The van der Waals surface area contributed by atoms with Crippen LogP contribution < -0.4 is 5.32 Å². The third-order valence-electron chi connectivity index (χ3n) is 2.92. The van der Waals surface area contributed by atoms with Crippen LogP contribution in [0.1, 0.15) is 12.1 Å². The maximum Gasteiger partial charge on any atom is 0.226 e. The number of thiazole rings is 1. The van der Waals surface area contributed by atoms with E-state index in [2.05, 4.69) is 20.2 Å². The highest BCUT2D eigenvalue weighted by Crippen LogP contribution is 2.22.